The summed E-state index contributed by atoms with van der Waals surface area (Å²) in [7, 11) is 0. The highest BCUT2D eigenvalue weighted by molar-refractivity contribution is 5.98. The predicted octanol–water partition coefficient (Wildman–Crippen LogP) is 1.72. The Morgan fingerprint density at radius 2 is 1.85 bits per heavy atom. The highest BCUT2D eigenvalue weighted by atomic mass is 16.2. The van der Waals surface area contributed by atoms with E-state index in [2.05, 4.69) is 15.5 Å². The van der Waals surface area contributed by atoms with Crippen molar-refractivity contribution in [3.05, 3.63) is 24.3 Å². The SMILES string of the molecule is NC(=O)C1CCN(c2ccccc2NC(=O)C2CC23CCNCC3)CC1. The van der Waals surface area contributed by atoms with E-state index in [1.807, 2.05) is 24.3 Å². The maximum absolute atomic E-state index is 12.8. The van der Waals surface area contributed by atoms with E-state index in [-0.39, 0.29) is 29.1 Å². The summed E-state index contributed by atoms with van der Waals surface area (Å²) in [5.74, 6) is 0.0797. The van der Waals surface area contributed by atoms with E-state index in [1.54, 1.807) is 0 Å². The number of para-hydroxylation sites is 2. The molecule has 1 aromatic carbocycles. The smallest absolute Gasteiger partial charge is 0.228 e. The number of hydrogen-bond acceptors (Lipinski definition) is 4. The molecule has 1 aliphatic carbocycles. The summed E-state index contributed by atoms with van der Waals surface area (Å²) in [6.07, 6.45) is 4.78. The zero-order chi connectivity index (χ0) is 18.1. The van der Waals surface area contributed by atoms with Gasteiger partial charge in [0.15, 0.2) is 0 Å². The van der Waals surface area contributed by atoms with Crippen LogP contribution in [-0.2, 0) is 9.59 Å². The molecule has 4 N–H and O–H groups in total. The van der Waals surface area contributed by atoms with Crippen LogP contribution in [0.4, 0.5) is 11.4 Å². The predicted molar refractivity (Wildman–Crippen MR) is 102 cm³/mol. The number of anilines is 2. The van der Waals surface area contributed by atoms with Crippen molar-refractivity contribution in [1.82, 2.24) is 5.32 Å². The summed E-state index contributed by atoms with van der Waals surface area (Å²) >= 11 is 0. The van der Waals surface area contributed by atoms with Crippen LogP contribution >= 0.6 is 0 Å². The van der Waals surface area contributed by atoms with Crippen LogP contribution in [-0.4, -0.2) is 38.0 Å². The van der Waals surface area contributed by atoms with Gasteiger partial charge in [-0.25, -0.2) is 0 Å². The van der Waals surface area contributed by atoms with Gasteiger partial charge in [0.2, 0.25) is 11.8 Å². The van der Waals surface area contributed by atoms with Crippen molar-refractivity contribution < 1.29 is 9.59 Å². The van der Waals surface area contributed by atoms with E-state index >= 15 is 0 Å². The van der Waals surface area contributed by atoms with Gasteiger partial charge >= 0.3 is 0 Å². The number of rotatable bonds is 4. The highest BCUT2D eigenvalue weighted by Gasteiger charge is 2.57. The quantitative estimate of drug-likeness (QED) is 0.766. The molecule has 6 heteroatoms. The van der Waals surface area contributed by atoms with E-state index in [9.17, 15) is 9.59 Å². The molecule has 1 unspecified atom stereocenters. The third kappa shape index (κ3) is 3.30. The standard InChI is InChI=1S/C20H28N4O2/c21-18(25)14-5-11-24(12-6-14)17-4-2-1-3-16(17)23-19(26)15-13-20(15)7-9-22-10-8-20/h1-4,14-15,22H,5-13H2,(H2,21,25)(H,23,26). The number of carbonyl (C=O) groups is 2. The molecule has 4 rings (SSSR count). The zero-order valence-corrected chi connectivity index (χ0v) is 15.2. The zero-order valence-electron chi connectivity index (χ0n) is 15.2. The van der Waals surface area contributed by atoms with Gasteiger partial charge in [0, 0.05) is 24.9 Å². The molecule has 1 aromatic rings. The fraction of sp³-hybridized carbons (Fsp3) is 0.600. The van der Waals surface area contributed by atoms with Gasteiger partial charge in [-0.2, -0.15) is 0 Å². The molecule has 1 spiro atoms. The monoisotopic (exact) mass is 356 g/mol. The molecular formula is C20H28N4O2. The summed E-state index contributed by atoms with van der Waals surface area (Å²) in [5.41, 5.74) is 7.60. The van der Waals surface area contributed by atoms with Gasteiger partial charge in [-0.3, -0.25) is 9.59 Å². The van der Waals surface area contributed by atoms with Crippen molar-refractivity contribution in [2.75, 3.05) is 36.4 Å². The van der Waals surface area contributed by atoms with Crippen LogP contribution in [0.25, 0.3) is 0 Å². The first kappa shape index (κ1) is 17.3. The molecule has 1 atom stereocenters. The van der Waals surface area contributed by atoms with Crippen LogP contribution in [0.1, 0.15) is 32.1 Å². The van der Waals surface area contributed by atoms with Crippen molar-refractivity contribution >= 4 is 23.2 Å². The molecule has 2 heterocycles. The van der Waals surface area contributed by atoms with Crippen LogP contribution in [0.15, 0.2) is 24.3 Å². The van der Waals surface area contributed by atoms with E-state index in [4.69, 9.17) is 5.73 Å². The number of nitrogens with one attached hydrogen (secondary N) is 2. The Morgan fingerprint density at radius 3 is 2.54 bits per heavy atom. The van der Waals surface area contributed by atoms with Crippen molar-refractivity contribution in [2.45, 2.75) is 32.1 Å². The van der Waals surface area contributed by atoms with Gasteiger partial charge in [-0.05, 0) is 62.7 Å². The Hall–Kier alpha value is -2.08. The van der Waals surface area contributed by atoms with Crippen LogP contribution in [0.2, 0.25) is 0 Å². The van der Waals surface area contributed by atoms with Crippen molar-refractivity contribution in [2.24, 2.45) is 23.0 Å². The summed E-state index contributed by atoms with van der Waals surface area (Å²) in [4.78, 5) is 26.4. The van der Waals surface area contributed by atoms with E-state index in [0.29, 0.717) is 0 Å². The van der Waals surface area contributed by atoms with Gasteiger partial charge in [-0.1, -0.05) is 12.1 Å². The molecular weight excluding hydrogens is 328 g/mol. The molecule has 140 valence electrons. The Bertz CT molecular complexity index is 691. The van der Waals surface area contributed by atoms with E-state index in [0.717, 1.165) is 69.7 Å². The first-order valence-electron chi connectivity index (χ1n) is 9.74. The molecule has 6 nitrogen and oxygen atoms in total. The number of piperidine rings is 2. The first-order valence-corrected chi connectivity index (χ1v) is 9.74. The third-order valence-corrected chi connectivity index (χ3v) is 6.51. The third-order valence-electron chi connectivity index (χ3n) is 6.51. The molecule has 26 heavy (non-hydrogen) atoms. The highest BCUT2D eigenvalue weighted by Crippen LogP contribution is 2.58. The van der Waals surface area contributed by atoms with Gasteiger partial charge in [-0.15, -0.1) is 0 Å². The molecule has 0 aromatic heterocycles. The summed E-state index contributed by atoms with van der Waals surface area (Å²) in [6, 6.07) is 7.98. The minimum Gasteiger partial charge on any atom is -0.370 e. The summed E-state index contributed by atoms with van der Waals surface area (Å²) in [5, 5.41) is 6.56. The minimum atomic E-state index is -0.202. The van der Waals surface area contributed by atoms with Gasteiger partial charge in [0.05, 0.1) is 11.4 Å². The fourth-order valence-corrected chi connectivity index (χ4v) is 4.68. The van der Waals surface area contributed by atoms with Gasteiger partial charge in [0.1, 0.15) is 0 Å². The lowest BCUT2D eigenvalue weighted by Crippen LogP contribution is -2.39. The van der Waals surface area contributed by atoms with E-state index < -0.39 is 0 Å². The summed E-state index contributed by atoms with van der Waals surface area (Å²) in [6.45, 7) is 3.63. The number of benzene rings is 1. The average Bonchev–Trinajstić information content (AvgIpc) is 3.36. The van der Waals surface area contributed by atoms with Crippen molar-refractivity contribution in [3.63, 3.8) is 0 Å². The van der Waals surface area contributed by atoms with Crippen LogP contribution < -0.4 is 21.3 Å². The lowest BCUT2D eigenvalue weighted by molar-refractivity contribution is -0.122. The van der Waals surface area contributed by atoms with Crippen molar-refractivity contribution in [1.29, 1.82) is 0 Å². The fourth-order valence-electron chi connectivity index (χ4n) is 4.68. The van der Waals surface area contributed by atoms with Gasteiger partial charge in [0.25, 0.3) is 0 Å². The van der Waals surface area contributed by atoms with Crippen molar-refractivity contribution in [3.8, 4) is 0 Å². The summed E-state index contributed by atoms with van der Waals surface area (Å²) < 4.78 is 0. The molecule has 0 radical (unpaired) electrons. The van der Waals surface area contributed by atoms with Crippen LogP contribution in [0.5, 0.6) is 0 Å². The Balaban J connectivity index is 1.42. The molecule has 2 aliphatic heterocycles. The maximum atomic E-state index is 12.8. The van der Waals surface area contributed by atoms with Gasteiger partial charge < -0.3 is 21.3 Å². The first-order chi connectivity index (χ1) is 12.6. The molecule has 3 aliphatic rings. The molecule has 1 saturated carbocycles. The second kappa shape index (κ2) is 6.91. The molecule has 0 bridgehead atoms. The average molecular weight is 356 g/mol. The number of nitrogens with zero attached hydrogens (tertiary/aromatic N) is 1. The number of nitrogens with two attached hydrogens (primary N) is 1. The largest absolute Gasteiger partial charge is 0.370 e. The Kier molecular flexibility index (Phi) is 4.61. The topological polar surface area (TPSA) is 87.5 Å². The molecule has 2 amide bonds. The van der Waals surface area contributed by atoms with Crippen LogP contribution in [0, 0.1) is 17.3 Å². The minimum absolute atomic E-state index is 0.0285. The number of carbonyl (C=O) groups excluding carboxylic acids is 2. The number of primary amides is 1. The molecule has 3 fully saturated rings. The second-order valence-electron chi connectivity index (χ2n) is 8.04. The van der Waals surface area contributed by atoms with E-state index in [1.165, 1.54) is 0 Å². The number of amides is 2. The molecule has 2 saturated heterocycles. The van der Waals surface area contributed by atoms with Crippen LogP contribution in [0.3, 0.4) is 0 Å². The number of hydrogen-bond donors (Lipinski definition) is 3. The maximum Gasteiger partial charge on any atom is 0.228 e. The normalized spacial score (nSPS) is 25.1. The lowest BCUT2D eigenvalue weighted by atomic mass is 9.91. The second-order valence-corrected chi connectivity index (χ2v) is 8.04. The Morgan fingerprint density at radius 1 is 1.15 bits per heavy atom. The lowest BCUT2D eigenvalue weighted by Gasteiger charge is -2.33. The Labute approximate surface area is 154 Å².